The van der Waals surface area contributed by atoms with E-state index < -0.39 is 95.5 Å². The zero-order valence-corrected chi connectivity index (χ0v) is 46.8. The Morgan fingerprint density at radius 2 is 1.67 bits per heavy atom. The molecule has 0 unspecified atom stereocenters. The van der Waals surface area contributed by atoms with Gasteiger partial charge in [-0.05, 0) is 146 Å². The van der Waals surface area contributed by atoms with Gasteiger partial charge >= 0.3 is 12.1 Å². The molecule has 446 valence electrons. The molecule has 9 rings (SSSR count). The second kappa shape index (κ2) is 25.0. The standard InChI is InChI=1S/C61H76N6O16/c1-33(69)64-44(9-4-5-21-62)55(77)63-22-19-49(73)66-45-25-36(12-17-47(45)82-57-53(76)51(74)52(75)54(83-57)56(78)79)31-81-58(80)65-39-8-6-7-35(24-39)23-34-10-14-40(15-11-34)67-29-38-27-43-42-16-13-37-26-41(70)18-20-59(37,2)50(42)46(71)28-60(43,3)61(38,32-67)48(72)30-68/h6-8,10-12,14-15,17-18,20,24-26,38,42-44,46,50-54,57,68,71,74-76H,4-5,9,13,16,19,21-23,27-32,62H2,1-3H3,(H,63,77)(H,64,69)(H,65,80)(H,66,73)(H,78,79)/t38-,42-,43-,44-,46-,50+,51-,52-,53+,54-,57+,59-,60-,61+/m0/s1. The molecule has 0 radical (unpaired) electrons. The van der Waals surface area contributed by atoms with Crippen LogP contribution in [0.1, 0.15) is 88.8 Å². The van der Waals surface area contributed by atoms with Gasteiger partial charge in [0, 0.05) is 55.7 Å². The SMILES string of the molecule is CC(=O)N[C@@H](CCCCN)C(=O)NCCC(=O)Nc1cc(COC(=O)Nc2cccc(Cc3ccc(N4C[C@@H]5C[C@H]6[C@@H]7CCC8=CC(=O)C=C[C@]8(C)[C@H]7[C@@H](O)C[C@]6(C)[C@]5(C(=O)CO)C4)cc3)c2)ccc1O[C@@H]1O[C@H](C(=O)O)[C@@H](O)[C@H](O)[C@H]1O. The summed E-state index contributed by atoms with van der Waals surface area (Å²) in [5.74, 6) is -3.27. The van der Waals surface area contributed by atoms with Crippen molar-refractivity contribution < 1.29 is 78.4 Å². The lowest BCUT2D eigenvalue weighted by Gasteiger charge is -2.60. The van der Waals surface area contributed by atoms with Crippen LogP contribution < -0.4 is 36.6 Å². The van der Waals surface area contributed by atoms with E-state index in [1.165, 1.54) is 25.1 Å². The molecule has 2 saturated heterocycles. The number of carbonyl (C=O) groups is 7. The third-order valence-corrected chi connectivity index (χ3v) is 18.6. The average molecular weight is 1150 g/mol. The maximum Gasteiger partial charge on any atom is 0.411 e. The molecule has 3 aromatic rings. The fraction of sp³-hybridized carbons (Fsp3) is 0.525. The minimum atomic E-state index is -1.99. The number of hydrogen-bond acceptors (Lipinski definition) is 17. The molecule has 0 bridgehead atoms. The number of amides is 4. The lowest BCUT2D eigenvalue weighted by atomic mass is 9.44. The molecule has 5 fully saturated rings. The Bertz CT molecular complexity index is 3030. The first-order chi connectivity index (χ1) is 39.6. The number of carbonyl (C=O) groups excluding carboxylic acids is 6. The van der Waals surface area contributed by atoms with E-state index in [0.717, 1.165) is 41.6 Å². The van der Waals surface area contributed by atoms with Crippen LogP contribution in [0.2, 0.25) is 0 Å². The summed E-state index contributed by atoms with van der Waals surface area (Å²) in [6, 6.07) is 18.7. The number of nitrogens with two attached hydrogens (primary N) is 1. The Morgan fingerprint density at radius 3 is 2.40 bits per heavy atom. The highest BCUT2D eigenvalue weighted by molar-refractivity contribution is 6.01. The fourth-order valence-corrected chi connectivity index (χ4v) is 14.6. The third kappa shape index (κ3) is 12.3. The number of aliphatic hydroxyl groups excluding tert-OH is 5. The maximum atomic E-state index is 14.2. The van der Waals surface area contributed by atoms with Crippen molar-refractivity contribution in [3.8, 4) is 5.75 Å². The van der Waals surface area contributed by atoms with Gasteiger partial charge in [0.25, 0.3) is 0 Å². The molecule has 22 nitrogen and oxygen atoms in total. The van der Waals surface area contributed by atoms with Crippen LogP contribution in [0.5, 0.6) is 5.75 Å². The van der Waals surface area contributed by atoms with E-state index in [1.807, 2.05) is 42.5 Å². The Labute approximate surface area is 480 Å². The van der Waals surface area contributed by atoms with Crippen molar-refractivity contribution in [2.24, 2.45) is 45.7 Å². The number of carboxylic acid groups (broad SMARTS) is 1. The molecule has 12 N–H and O–H groups in total. The predicted octanol–water partition coefficient (Wildman–Crippen LogP) is 3.25. The first kappa shape index (κ1) is 60.5. The third-order valence-electron chi connectivity index (χ3n) is 18.6. The number of ether oxygens (including phenoxy) is 3. The second-order valence-corrected chi connectivity index (χ2v) is 23.6. The lowest BCUT2D eigenvalue weighted by molar-refractivity contribution is -0.271. The number of Topliss-reactive ketones (excluding diaryl/α,β-unsaturated/α-hetero) is 1. The highest BCUT2D eigenvalue weighted by Crippen LogP contribution is 2.72. The van der Waals surface area contributed by atoms with Crippen LogP contribution in [0, 0.1) is 39.9 Å². The van der Waals surface area contributed by atoms with Gasteiger partial charge in [-0.1, -0.05) is 55.8 Å². The van der Waals surface area contributed by atoms with Gasteiger partial charge in [0.2, 0.25) is 24.0 Å². The van der Waals surface area contributed by atoms with Gasteiger partial charge in [0.05, 0.1) is 17.2 Å². The number of nitrogens with zero attached hydrogens (tertiary/aromatic N) is 1. The Kier molecular flexibility index (Phi) is 18.3. The molecule has 2 heterocycles. The van der Waals surface area contributed by atoms with E-state index in [1.54, 1.807) is 24.3 Å². The number of hydrogen-bond donors (Lipinski definition) is 11. The van der Waals surface area contributed by atoms with Crippen LogP contribution in [0.25, 0.3) is 0 Å². The van der Waals surface area contributed by atoms with Gasteiger partial charge in [-0.25, -0.2) is 9.59 Å². The molecule has 6 aliphatic rings. The van der Waals surface area contributed by atoms with Crippen LogP contribution in [0.3, 0.4) is 0 Å². The molecular weight excluding hydrogens is 1070 g/mol. The molecule has 14 atom stereocenters. The van der Waals surface area contributed by atoms with Gasteiger partial charge < -0.3 is 71.4 Å². The summed E-state index contributed by atoms with van der Waals surface area (Å²) in [5.41, 5.74) is 8.40. The number of benzene rings is 3. The van der Waals surface area contributed by atoms with E-state index >= 15 is 0 Å². The summed E-state index contributed by atoms with van der Waals surface area (Å²) in [4.78, 5) is 91.9. The Hall–Kier alpha value is -7.05. The summed E-state index contributed by atoms with van der Waals surface area (Å²) in [7, 11) is 0. The average Bonchev–Trinajstić information content (AvgIpc) is 2.31. The number of rotatable bonds is 21. The summed E-state index contributed by atoms with van der Waals surface area (Å²) in [5, 5.41) is 74.1. The zero-order chi connectivity index (χ0) is 59.5. The normalized spacial score (nSPS) is 30.8. The molecule has 83 heavy (non-hydrogen) atoms. The van der Waals surface area contributed by atoms with Crippen LogP contribution in [-0.4, -0.2) is 148 Å². The van der Waals surface area contributed by atoms with Crippen molar-refractivity contribution >= 4 is 58.4 Å². The van der Waals surface area contributed by atoms with Crippen molar-refractivity contribution in [3.63, 3.8) is 0 Å². The molecular formula is C61H76N6O16. The highest BCUT2D eigenvalue weighted by Gasteiger charge is 2.73. The predicted molar refractivity (Wildman–Crippen MR) is 301 cm³/mol. The number of fused-ring (bicyclic) bond motifs is 7. The Morgan fingerprint density at radius 1 is 0.916 bits per heavy atom. The molecule has 0 aromatic heterocycles. The topological polar surface area (TPSA) is 346 Å². The van der Waals surface area contributed by atoms with Crippen molar-refractivity contribution in [1.82, 2.24) is 10.6 Å². The molecule has 2 aliphatic heterocycles. The highest BCUT2D eigenvalue weighted by atomic mass is 16.7. The number of allylic oxidation sites excluding steroid dienone is 4. The number of aliphatic carboxylic acids is 1. The summed E-state index contributed by atoms with van der Waals surface area (Å²) in [6.45, 7) is 6.05. The first-order valence-corrected chi connectivity index (χ1v) is 28.5. The zero-order valence-electron chi connectivity index (χ0n) is 46.8. The monoisotopic (exact) mass is 1150 g/mol. The molecule has 4 amide bonds. The molecule has 4 aliphatic carbocycles. The van der Waals surface area contributed by atoms with Crippen molar-refractivity contribution in [3.05, 3.63) is 107 Å². The minimum Gasteiger partial charge on any atom is -0.479 e. The summed E-state index contributed by atoms with van der Waals surface area (Å²) < 4.78 is 16.6. The first-order valence-electron chi connectivity index (χ1n) is 28.5. The number of unbranched alkanes of at least 4 members (excludes halogenated alkanes) is 1. The quantitative estimate of drug-likeness (QED) is 0.0682. The van der Waals surface area contributed by atoms with E-state index in [-0.39, 0.29) is 66.2 Å². The minimum absolute atomic E-state index is 0.0138. The van der Waals surface area contributed by atoms with Gasteiger partial charge in [0.15, 0.2) is 17.7 Å². The molecule has 0 spiro atoms. The molecule has 22 heteroatoms. The number of anilines is 3. The number of carboxylic acids is 1. The number of ketones is 2. The molecule has 3 aromatic carbocycles. The van der Waals surface area contributed by atoms with Crippen LogP contribution in [0.4, 0.5) is 21.9 Å². The molecule has 3 saturated carbocycles. The van der Waals surface area contributed by atoms with E-state index in [0.29, 0.717) is 63.0 Å². The summed E-state index contributed by atoms with van der Waals surface area (Å²) >= 11 is 0. The maximum absolute atomic E-state index is 14.2. The largest absolute Gasteiger partial charge is 0.479 e. The van der Waals surface area contributed by atoms with E-state index in [2.05, 4.69) is 40.0 Å². The van der Waals surface area contributed by atoms with Gasteiger partial charge in [-0.3, -0.25) is 29.3 Å². The van der Waals surface area contributed by atoms with Gasteiger partial charge in [-0.2, -0.15) is 0 Å². The van der Waals surface area contributed by atoms with E-state index in [4.69, 9.17) is 19.9 Å². The van der Waals surface area contributed by atoms with Crippen molar-refractivity contribution in [2.45, 2.75) is 128 Å². The summed E-state index contributed by atoms with van der Waals surface area (Å²) in [6.07, 6.45) is -1.14. The van der Waals surface area contributed by atoms with Gasteiger partial charge in [-0.15, -0.1) is 0 Å². The van der Waals surface area contributed by atoms with Crippen molar-refractivity contribution in [2.75, 3.05) is 48.3 Å². The number of nitrogens with one attached hydrogen (secondary N) is 4. The Balaban J connectivity index is 0.821. The van der Waals surface area contributed by atoms with Crippen molar-refractivity contribution in [1.29, 1.82) is 0 Å². The van der Waals surface area contributed by atoms with Gasteiger partial charge in [0.1, 0.15) is 43.3 Å². The van der Waals surface area contributed by atoms with E-state index in [9.17, 15) is 64.2 Å². The second-order valence-electron chi connectivity index (χ2n) is 23.6. The van der Waals surface area contributed by atoms with Crippen LogP contribution in [0.15, 0.2) is 90.5 Å². The van der Waals surface area contributed by atoms with Crippen LogP contribution >= 0.6 is 0 Å². The number of aliphatic hydroxyl groups is 5. The fourth-order valence-electron chi connectivity index (χ4n) is 14.6. The smallest absolute Gasteiger partial charge is 0.411 e. The van der Waals surface area contributed by atoms with Crippen LogP contribution in [-0.2, 0) is 51.3 Å². The lowest BCUT2D eigenvalue weighted by Crippen LogP contribution is -2.61.